The lowest BCUT2D eigenvalue weighted by atomic mass is 9.98. The zero-order valence-corrected chi connectivity index (χ0v) is 13.3. The van der Waals surface area contributed by atoms with E-state index in [1.807, 2.05) is 0 Å². The maximum absolute atomic E-state index is 11.1. The summed E-state index contributed by atoms with van der Waals surface area (Å²) < 4.78 is 10.4. The normalized spacial score (nSPS) is 15.9. The van der Waals surface area contributed by atoms with Crippen LogP contribution in [0, 0.1) is 10.1 Å². The average molecular weight is 341 g/mol. The zero-order chi connectivity index (χ0) is 15.7. The van der Waals surface area contributed by atoms with Gasteiger partial charge in [0.05, 0.1) is 23.1 Å². The Bertz CT molecular complexity index is 713. The van der Waals surface area contributed by atoms with Crippen molar-refractivity contribution >= 4 is 18.1 Å². The van der Waals surface area contributed by atoms with Crippen LogP contribution < -0.4 is 10.5 Å². The molecule has 0 atom stereocenters. The monoisotopic (exact) mass is 340 g/mol. The molecule has 0 amide bonds. The molecule has 8 nitrogen and oxygen atoms in total. The van der Waals surface area contributed by atoms with Gasteiger partial charge in [0.25, 0.3) is 5.89 Å². The Morgan fingerprint density at radius 1 is 1.39 bits per heavy atom. The van der Waals surface area contributed by atoms with E-state index < -0.39 is 10.5 Å². The molecule has 0 unspecified atom stereocenters. The molecule has 1 aliphatic rings. The molecule has 1 fully saturated rings. The SMILES string of the molecule is COc1c(-c2nc(C3(N)CCCC3)no2)cccc1[N+](=O)[O-].Cl. The van der Waals surface area contributed by atoms with Crippen LogP contribution in [-0.4, -0.2) is 22.2 Å². The Morgan fingerprint density at radius 3 is 2.70 bits per heavy atom. The van der Waals surface area contributed by atoms with Crippen molar-refractivity contribution in [2.75, 3.05) is 7.11 Å². The van der Waals surface area contributed by atoms with E-state index in [-0.39, 0.29) is 29.7 Å². The molecule has 9 heteroatoms. The van der Waals surface area contributed by atoms with Crippen LogP contribution in [0.1, 0.15) is 31.5 Å². The lowest BCUT2D eigenvalue weighted by Gasteiger charge is -2.17. The van der Waals surface area contributed by atoms with E-state index in [1.54, 1.807) is 12.1 Å². The lowest BCUT2D eigenvalue weighted by Crippen LogP contribution is -2.34. The summed E-state index contributed by atoms with van der Waals surface area (Å²) in [6.07, 6.45) is 3.66. The Kier molecular flexibility index (Phi) is 4.86. The highest BCUT2D eigenvalue weighted by molar-refractivity contribution is 5.85. The van der Waals surface area contributed by atoms with Crippen molar-refractivity contribution in [1.82, 2.24) is 10.1 Å². The van der Waals surface area contributed by atoms with E-state index in [1.165, 1.54) is 13.2 Å². The van der Waals surface area contributed by atoms with Gasteiger partial charge >= 0.3 is 5.69 Å². The first kappa shape index (κ1) is 17.2. The number of nitrogens with zero attached hydrogens (tertiary/aromatic N) is 3. The number of para-hydroxylation sites is 1. The molecule has 0 radical (unpaired) electrons. The van der Waals surface area contributed by atoms with Gasteiger partial charge in [-0.1, -0.05) is 24.1 Å². The summed E-state index contributed by atoms with van der Waals surface area (Å²) in [5, 5.41) is 15.0. The molecule has 1 aromatic carbocycles. The molecule has 0 aliphatic heterocycles. The summed E-state index contributed by atoms with van der Waals surface area (Å²) in [7, 11) is 1.37. The minimum absolute atomic E-state index is 0. The Hall–Kier alpha value is -2.19. The van der Waals surface area contributed by atoms with E-state index in [4.69, 9.17) is 15.0 Å². The Morgan fingerprint density at radius 2 is 2.09 bits per heavy atom. The van der Waals surface area contributed by atoms with Crippen LogP contribution in [0.15, 0.2) is 22.7 Å². The average Bonchev–Trinajstić information content (AvgIpc) is 3.16. The predicted octanol–water partition coefficient (Wildman–Crippen LogP) is 2.80. The van der Waals surface area contributed by atoms with Crippen molar-refractivity contribution in [2.45, 2.75) is 31.2 Å². The van der Waals surface area contributed by atoms with Crippen LogP contribution in [0.4, 0.5) is 5.69 Å². The number of hydrogen-bond donors (Lipinski definition) is 1. The van der Waals surface area contributed by atoms with Gasteiger partial charge in [-0.15, -0.1) is 12.4 Å². The predicted molar refractivity (Wildman–Crippen MR) is 84.5 cm³/mol. The highest BCUT2D eigenvalue weighted by Gasteiger charge is 2.36. The minimum atomic E-state index is -0.574. The summed E-state index contributed by atoms with van der Waals surface area (Å²) in [4.78, 5) is 14.9. The summed E-state index contributed by atoms with van der Waals surface area (Å²) >= 11 is 0. The van der Waals surface area contributed by atoms with E-state index >= 15 is 0 Å². The molecule has 0 bridgehead atoms. The molecule has 0 saturated heterocycles. The fourth-order valence-electron chi connectivity index (χ4n) is 2.82. The summed E-state index contributed by atoms with van der Waals surface area (Å²) in [6, 6.07) is 4.55. The van der Waals surface area contributed by atoms with E-state index in [0.717, 1.165) is 25.7 Å². The zero-order valence-electron chi connectivity index (χ0n) is 12.5. The molecule has 23 heavy (non-hydrogen) atoms. The van der Waals surface area contributed by atoms with Gasteiger partial charge in [-0.3, -0.25) is 10.1 Å². The molecule has 2 aromatic rings. The van der Waals surface area contributed by atoms with Crippen molar-refractivity contribution in [3.63, 3.8) is 0 Å². The van der Waals surface area contributed by atoms with Crippen molar-refractivity contribution in [3.8, 4) is 17.2 Å². The molecule has 1 saturated carbocycles. The molecule has 1 aliphatic carbocycles. The number of hydrogen-bond acceptors (Lipinski definition) is 7. The van der Waals surface area contributed by atoms with Gasteiger partial charge < -0.3 is 15.0 Å². The topological polar surface area (TPSA) is 117 Å². The van der Waals surface area contributed by atoms with E-state index in [0.29, 0.717) is 11.4 Å². The number of ether oxygens (including phenoxy) is 1. The van der Waals surface area contributed by atoms with Gasteiger partial charge in [-0.2, -0.15) is 4.98 Å². The van der Waals surface area contributed by atoms with Crippen LogP contribution in [-0.2, 0) is 5.54 Å². The maximum atomic E-state index is 11.1. The second-order valence-corrected chi connectivity index (χ2v) is 5.40. The second-order valence-electron chi connectivity index (χ2n) is 5.40. The van der Waals surface area contributed by atoms with Crippen LogP contribution in [0.3, 0.4) is 0 Å². The van der Waals surface area contributed by atoms with Crippen LogP contribution in [0.2, 0.25) is 0 Å². The first-order chi connectivity index (χ1) is 10.5. The summed E-state index contributed by atoms with van der Waals surface area (Å²) in [6.45, 7) is 0. The molecular weight excluding hydrogens is 324 g/mol. The second kappa shape index (κ2) is 6.51. The van der Waals surface area contributed by atoms with Crippen molar-refractivity contribution < 1.29 is 14.2 Å². The number of nitro groups is 1. The molecular formula is C14H17ClN4O4. The molecule has 2 N–H and O–H groups in total. The first-order valence-electron chi connectivity index (χ1n) is 7.00. The van der Waals surface area contributed by atoms with Gasteiger partial charge in [-0.05, 0) is 18.9 Å². The Labute approximate surface area is 138 Å². The number of nitro benzene ring substituents is 1. The fourth-order valence-corrected chi connectivity index (χ4v) is 2.82. The molecule has 3 rings (SSSR count). The number of benzene rings is 1. The fraction of sp³-hybridized carbons (Fsp3) is 0.429. The van der Waals surface area contributed by atoms with Crippen molar-refractivity contribution in [3.05, 3.63) is 34.1 Å². The van der Waals surface area contributed by atoms with Gasteiger partial charge in [0.15, 0.2) is 5.82 Å². The third kappa shape index (κ3) is 2.99. The number of rotatable bonds is 4. The maximum Gasteiger partial charge on any atom is 0.311 e. The van der Waals surface area contributed by atoms with Crippen LogP contribution >= 0.6 is 12.4 Å². The summed E-state index contributed by atoms with van der Waals surface area (Å²) in [5.41, 5.74) is 5.96. The molecule has 124 valence electrons. The van der Waals surface area contributed by atoms with Gasteiger partial charge in [0.2, 0.25) is 5.75 Å². The third-order valence-electron chi connectivity index (χ3n) is 3.99. The van der Waals surface area contributed by atoms with Gasteiger partial charge in [0, 0.05) is 6.07 Å². The van der Waals surface area contributed by atoms with Crippen molar-refractivity contribution in [1.29, 1.82) is 0 Å². The number of methoxy groups -OCH3 is 1. The molecule has 1 aromatic heterocycles. The van der Waals surface area contributed by atoms with Crippen molar-refractivity contribution in [2.24, 2.45) is 5.73 Å². The number of halogens is 1. The largest absolute Gasteiger partial charge is 0.490 e. The number of aromatic nitrogens is 2. The third-order valence-corrected chi connectivity index (χ3v) is 3.99. The van der Waals surface area contributed by atoms with Crippen LogP contribution in [0.5, 0.6) is 5.75 Å². The van der Waals surface area contributed by atoms with Crippen LogP contribution in [0.25, 0.3) is 11.5 Å². The Balaban J connectivity index is 0.00000192. The van der Waals surface area contributed by atoms with E-state index in [9.17, 15) is 10.1 Å². The smallest absolute Gasteiger partial charge is 0.311 e. The van der Waals surface area contributed by atoms with E-state index in [2.05, 4.69) is 10.1 Å². The highest BCUT2D eigenvalue weighted by atomic mass is 35.5. The summed E-state index contributed by atoms with van der Waals surface area (Å²) in [5.74, 6) is 0.709. The lowest BCUT2D eigenvalue weighted by molar-refractivity contribution is -0.385. The van der Waals surface area contributed by atoms with Gasteiger partial charge in [-0.25, -0.2) is 0 Å². The first-order valence-corrected chi connectivity index (χ1v) is 7.00. The molecule has 1 heterocycles. The number of nitrogens with two attached hydrogens (primary N) is 1. The standard InChI is InChI=1S/C14H16N4O4.ClH/c1-21-11-9(5-4-6-10(11)18(19)20)12-16-13(17-22-12)14(15)7-2-3-8-14;/h4-6H,2-3,7-8,15H2,1H3;1H. The molecule has 0 spiro atoms. The van der Waals surface area contributed by atoms with Gasteiger partial charge in [0.1, 0.15) is 0 Å². The minimum Gasteiger partial charge on any atom is -0.490 e. The highest BCUT2D eigenvalue weighted by Crippen LogP contribution is 2.39. The quantitative estimate of drug-likeness (QED) is 0.671.